The number of hydrogen-bond donors (Lipinski definition) is 4. The number of para-hydroxylation sites is 1. The first kappa shape index (κ1) is 19.4. The van der Waals surface area contributed by atoms with E-state index in [4.69, 9.17) is 11.6 Å². The second kappa shape index (κ2) is 7.71. The van der Waals surface area contributed by atoms with Gasteiger partial charge in [0, 0.05) is 7.05 Å². The van der Waals surface area contributed by atoms with Crippen molar-refractivity contribution in [3.05, 3.63) is 46.4 Å². The molecule has 0 saturated carbocycles. The molecule has 28 heavy (non-hydrogen) atoms. The third-order valence-electron chi connectivity index (χ3n) is 3.67. The SMILES string of the molecule is CNC(=O)N(c1ccccc1Cl)c1ccsc1-c1nc(O)c(O)c(C(=O)O)n1. The quantitative estimate of drug-likeness (QED) is 0.507. The molecule has 0 unspecified atom stereocenters. The van der Waals surface area contributed by atoms with Gasteiger partial charge in [-0.25, -0.2) is 14.6 Å². The van der Waals surface area contributed by atoms with Gasteiger partial charge in [-0.3, -0.25) is 4.90 Å². The molecule has 2 aromatic heterocycles. The van der Waals surface area contributed by atoms with Crippen molar-refractivity contribution in [2.24, 2.45) is 0 Å². The van der Waals surface area contributed by atoms with Crippen LogP contribution in [0, 0.1) is 0 Å². The highest BCUT2D eigenvalue weighted by Crippen LogP contribution is 2.41. The Hall–Kier alpha value is -3.37. The Bertz CT molecular complexity index is 1070. The summed E-state index contributed by atoms with van der Waals surface area (Å²) in [6.07, 6.45) is 0. The van der Waals surface area contributed by atoms with Gasteiger partial charge in [-0.05, 0) is 23.6 Å². The topological polar surface area (TPSA) is 136 Å². The molecule has 3 rings (SSSR count). The van der Waals surface area contributed by atoms with Gasteiger partial charge in [0.1, 0.15) is 0 Å². The Kier molecular flexibility index (Phi) is 5.34. The van der Waals surface area contributed by atoms with Gasteiger partial charge in [0.15, 0.2) is 11.5 Å². The molecular weight excluding hydrogens is 408 g/mol. The van der Waals surface area contributed by atoms with Gasteiger partial charge in [-0.15, -0.1) is 11.3 Å². The third-order valence-corrected chi connectivity index (χ3v) is 4.89. The lowest BCUT2D eigenvalue weighted by Gasteiger charge is -2.23. The summed E-state index contributed by atoms with van der Waals surface area (Å²) >= 11 is 7.37. The summed E-state index contributed by atoms with van der Waals surface area (Å²) < 4.78 is 0. The molecule has 3 aromatic rings. The fraction of sp³-hybridized carbons (Fsp3) is 0.0588. The first-order valence-electron chi connectivity index (χ1n) is 7.72. The number of carbonyl (C=O) groups is 2. The number of aromatic nitrogens is 2. The van der Waals surface area contributed by atoms with Gasteiger partial charge in [0.25, 0.3) is 5.88 Å². The second-order valence-corrected chi connectivity index (χ2v) is 6.67. The van der Waals surface area contributed by atoms with Crippen molar-refractivity contribution in [1.29, 1.82) is 0 Å². The van der Waals surface area contributed by atoms with Crippen LogP contribution in [0.15, 0.2) is 35.7 Å². The zero-order valence-corrected chi connectivity index (χ0v) is 15.8. The monoisotopic (exact) mass is 420 g/mol. The van der Waals surface area contributed by atoms with Gasteiger partial charge >= 0.3 is 12.0 Å². The minimum absolute atomic E-state index is 0.168. The second-order valence-electron chi connectivity index (χ2n) is 5.35. The highest BCUT2D eigenvalue weighted by molar-refractivity contribution is 7.14. The number of aromatic hydroxyl groups is 2. The van der Waals surface area contributed by atoms with Gasteiger partial charge in [-0.2, -0.15) is 4.98 Å². The molecule has 0 atom stereocenters. The molecule has 0 aliphatic heterocycles. The average molecular weight is 421 g/mol. The lowest BCUT2D eigenvalue weighted by molar-refractivity contribution is 0.0685. The molecule has 4 N–H and O–H groups in total. The van der Waals surface area contributed by atoms with Crippen molar-refractivity contribution in [1.82, 2.24) is 15.3 Å². The number of carbonyl (C=O) groups excluding carboxylic acids is 1. The van der Waals surface area contributed by atoms with E-state index in [0.29, 0.717) is 21.3 Å². The summed E-state index contributed by atoms with van der Waals surface area (Å²) in [5.41, 5.74) is -0.0606. The van der Waals surface area contributed by atoms with E-state index >= 15 is 0 Å². The molecule has 0 fully saturated rings. The van der Waals surface area contributed by atoms with Crippen LogP contribution in [0.4, 0.5) is 16.2 Å². The van der Waals surface area contributed by atoms with Crippen molar-refractivity contribution in [3.8, 4) is 22.3 Å². The van der Waals surface area contributed by atoms with Crippen molar-refractivity contribution in [2.75, 3.05) is 11.9 Å². The first-order chi connectivity index (χ1) is 13.3. The van der Waals surface area contributed by atoms with Crippen LogP contribution in [-0.2, 0) is 0 Å². The van der Waals surface area contributed by atoms with Crippen molar-refractivity contribution < 1.29 is 24.9 Å². The Balaban J connectivity index is 2.21. The zero-order valence-electron chi connectivity index (χ0n) is 14.3. The number of thiophene rings is 1. The maximum atomic E-state index is 12.6. The average Bonchev–Trinajstić information content (AvgIpc) is 3.14. The molecule has 2 heterocycles. The lowest BCUT2D eigenvalue weighted by Crippen LogP contribution is -2.34. The molecule has 144 valence electrons. The highest BCUT2D eigenvalue weighted by atomic mass is 35.5. The molecule has 0 aliphatic carbocycles. The number of amides is 2. The Morgan fingerprint density at radius 3 is 2.50 bits per heavy atom. The number of aromatic carboxylic acids is 1. The summed E-state index contributed by atoms with van der Waals surface area (Å²) in [7, 11) is 1.45. The van der Waals surface area contributed by atoms with Crippen LogP contribution in [0.2, 0.25) is 5.02 Å². The normalized spacial score (nSPS) is 10.5. The van der Waals surface area contributed by atoms with E-state index in [-0.39, 0.29) is 5.82 Å². The van der Waals surface area contributed by atoms with Crippen LogP contribution in [0.5, 0.6) is 11.6 Å². The van der Waals surface area contributed by atoms with Crippen LogP contribution in [0.3, 0.4) is 0 Å². The molecule has 9 nitrogen and oxygen atoms in total. The van der Waals surface area contributed by atoms with Crippen LogP contribution in [0.25, 0.3) is 10.7 Å². The van der Waals surface area contributed by atoms with Crippen LogP contribution in [0.1, 0.15) is 10.5 Å². The fourth-order valence-corrected chi connectivity index (χ4v) is 3.46. The molecular formula is C17H13ClN4O5S. The van der Waals surface area contributed by atoms with E-state index in [2.05, 4.69) is 15.3 Å². The number of nitrogens with one attached hydrogen (secondary N) is 1. The number of carboxylic acid groups (broad SMARTS) is 1. The highest BCUT2D eigenvalue weighted by Gasteiger charge is 2.27. The standard InChI is InChI=1S/C17H13ClN4O5S/c1-19-17(27)22(9-5-3-2-4-8(9)18)10-6-7-28-13(10)14-20-11(16(25)26)12(23)15(24)21-14/h2-7,23H,1H3,(H,19,27)(H,25,26)(H,20,21,24). The zero-order chi connectivity index (χ0) is 20.4. The number of halogens is 1. The van der Waals surface area contributed by atoms with E-state index in [1.807, 2.05) is 0 Å². The molecule has 2 amide bonds. The van der Waals surface area contributed by atoms with Crippen LogP contribution in [-0.4, -0.2) is 44.3 Å². The van der Waals surface area contributed by atoms with E-state index in [0.717, 1.165) is 11.3 Å². The number of carboxylic acids is 1. The summed E-state index contributed by atoms with van der Waals surface area (Å²) in [5, 5.41) is 33.1. The minimum Gasteiger partial charge on any atom is -0.501 e. The smallest absolute Gasteiger partial charge is 0.358 e. The Morgan fingerprint density at radius 2 is 1.86 bits per heavy atom. The molecule has 0 radical (unpaired) electrons. The maximum absolute atomic E-state index is 12.6. The molecule has 0 bridgehead atoms. The Labute approximate surface area is 167 Å². The van der Waals surface area contributed by atoms with E-state index in [1.54, 1.807) is 35.7 Å². The summed E-state index contributed by atoms with van der Waals surface area (Å²) in [4.78, 5) is 33.0. The van der Waals surface area contributed by atoms with Gasteiger partial charge < -0.3 is 20.6 Å². The van der Waals surface area contributed by atoms with Crippen molar-refractivity contribution in [3.63, 3.8) is 0 Å². The van der Waals surface area contributed by atoms with Gasteiger partial charge in [0.05, 0.1) is 21.3 Å². The van der Waals surface area contributed by atoms with E-state index in [9.17, 15) is 24.9 Å². The van der Waals surface area contributed by atoms with Crippen LogP contribution >= 0.6 is 22.9 Å². The predicted octanol–water partition coefficient (Wildman–Crippen LogP) is 3.45. The fourth-order valence-electron chi connectivity index (χ4n) is 2.43. The van der Waals surface area contributed by atoms with Crippen molar-refractivity contribution in [2.45, 2.75) is 0 Å². The number of hydrogen-bond acceptors (Lipinski definition) is 7. The Morgan fingerprint density at radius 1 is 1.14 bits per heavy atom. The largest absolute Gasteiger partial charge is 0.501 e. The summed E-state index contributed by atoms with van der Waals surface area (Å²) in [5.74, 6) is -3.53. The number of benzene rings is 1. The lowest BCUT2D eigenvalue weighted by atomic mass is 10.2. The van der Waals surface area contributed by atoms with Crippen molar-refractivity contribution >= 4 is 46.3 Å². The number of rotatable bonds is 4. The molecule has 0 saturated heterocycles. The number of anilines is 2. The van der Waals surface area contributed by atoms with Gasteiger partial charge in [0.2, 0.25) is 5.75 Å². The van der Waals surface area contributed by atoms with E-state index < -0.39 is 29.3 Å². The molecule has 0 aliphatic rings. The molecule has 1 aromatic carbocycles. The molecule has 11 heteroatoms. The predicted molar refractivity (Wildman–Crippen MR) is 104 cm³/mol. The summed E-state index contributed by atoms with van der Waals surface area (Å²) in [6, 6.07) is 7.76. The number of nitrogens with zero attached hydrogens (tertiary/aromatic N) is 3. The van der Waals surface area contributed by atoms with Crippen LogP contribution < -0.4 is 10.2 Å². The molecule has 0 spiro atoms. The maximum Gasteiger partial charge on any atom is 0.358 e. The number of urea groups is 1. The minimum atomic E-state index is -1.54. The first-order valence-corrected chi connectivity index (χ1v) is 8.98. The van der Waals surface area contributed by atoms with Gasteiger partial charge in [-0.1, -0.05) is 23.7 Å². The van der Waals surface area contributed by atoms with E-state index in [1.165, 1.54) is 11.9 Å². The summed E-state index contributed by atoms with van der Waals surface area (Å²) in [6.45, 7) is 0. The third kappa shape index (κ3) is 3.42.